The van der Waals surface area contributed by atoms with Gasteiger partial charge in [-0.1, -0.05) is 24.3 Å². The lowest BCUT2D eigenvalue weighted by Gasteiger charge is -2.11. The number of nitrogens with one attached hydrogen (secondary N) is 1. The zero-order valence-corrected chi connectivity index (χ0v) is 13.2. The van der Waals surface area contributed by atoms with Crippen LogP contribution >= 0.6 is 0 Å². The first kappa shape index (κ1) is 15.4. The molecule has 0 aromatic heterocycles. The van der Waals surface area contributed by atoms with E-state index in [2.05, 4.69) is 4.72 Å². The molecule has 0 atom stereocenters. The molecule has 0 aliphatic rings. The summed E-state index contributed by atoms with van der Waals surface area (Å²) < 4.78 is 32.3. The van der Waals surface area contributed by atoms with Crippen LogP contribution in [0.4, 0.5) is 5.69 Å². The van der Waals surface area contributed by atoms with Gasteiger partial charge in [-0.25, -0.2) is 8.42 Å². The van der Waals surface area contributed by atoms with Crippen molar-refractivity contribution in [2.24, 2.45) is 0 Å². The van der Waals surface area contributed by atoms with Gasteiger partial charge in [0.05, 0.1) is 12.9 Å². The molecule has 0 saturated heterocycles. The number of methoxy groups -OCH3 is 1. The highest BCUT2D eigenvalue weighted by molar-refractivity contribution is 7.91. The molecule has 0 spiro atoms. The Kier molecular flexibility index (Phi) is 4.53. The van der Waals surface area contributed by atoms with E-state index in [0.717, 1.165) is 22.4 Å². The van der Waals surface area contributed by atoms with Crippen molar-refractivity contribution in [3.8, 4) is 5.75 Å². The Hall–Kier alpha value is -2.01. The van der Waals surface area contributed by atoms with Crippen molar-refractivity contribution in [1.29, 1.82) is 0 Å². The van der Waals surface area contributed by atoms with Crippen LogP contribution in [0.15, 0.2) is 42.5 Å². The SMILES string of the molecule is COc1ccc(NS(=O)(=O)Cc2ccccc2C)cc1C. The van der Waals surface area contributed by atoms with E-state index in [1.54, 1.807) is 25.3 Å². The van der Waals surface area contributed by atoms with E-state index < -0.39 is 10.0 Å². The van der Waals surface area contributed by atoms with Crippen LogP contribution in [0, 0.1) is 13.8 Å². The van der Waals surface area contributed by atoms with Crippen LogP contribution in [0.3, 0.4) is 0 Å². The van der Waals surface area contributed by atoms with Crippen LogP contribution in [-0.4, -0.2) is 15.5 Å². The summed E-state index contributed by atoms with van der Waals surface area (Å²) in [6.07, 6.45) is 0. The van der Waals surface area contributed by atoms with Crippen LogP contribution in [0.25, 0.3) is 0 Å². The predicted octanol–water partition coefficient (Wildman–Crippen LogP) is 3.25. The normalized spacial score (nSPS) is 11.2. The second kappa shape index (κ2) is 6.18. The Labute approximate surface area is 125 Å². The third-order valence-electron chi connectivity index (χ3n) is 3.27. The van der Waals surface area contributed by atoms with Crippen molar-refractivity contribution < 1.29 is 13.2 Å². The fourth-order valence-electron chi connectivity index (χ4n) is 2.13. The van der Waals surface area contributed by atoms with Crippen molar-refractivity contribution in [3.63, 3.8) is 0 Å². The molecule has 2 aromatic rings. The minimum atomic E-state index is -3.44. The highest BCUT2D eigenvalue weighted by Crippen LogP contribution is 2.23. The average molecular weight is 305 g/mol. The Morgan fingerprint density at radius 1 is 1.05 bits per heavy atom. The first-order chi connectivity index (χ1) is 9.91. The van der Waals surface area contributed by atoms with E-state index in [4.69, 9.17) is 4.74 Å². The van der Waals surface area contributed by atoms with Crippen molar-refractivity contribution in [2.45, 2.75) is 19.6 Å². The van der Waals surface area contributed by atoms with Crippen LogP contribution in [0.2, 0.25) is 0 Å². The molecular weight excluding hydrogens is 286 g/mol. The second-order valence-electron chi connectivity index (χ2n) is 4.97. The maximum atomic E-state index is 12.2. The van der Waals surface area contributed by atoms with E-state index in [0.29, 0.717) is 5.69 Å². The molecule has 5 heteroatoms. The van der Waals surface area contributed by atoms with Crippen molar-refractivity contribution >= 4 is 15.7 Å². The zero-order chi connectivity index (χ0) is 15.5. The van der Waals surface area contributed by atoms with E-state index in [9.17, 15) is 8.42 Å². The molecule has 0 unspecified atom stereocenters. The van der Waals surface area contributed by atoms with Crippen LogP contribution in [0.5, 0.6) is 5.75 Å². The van der Waals surface area contributed by atoms with Gasteiger partial charge in [0, 0.05) is 5.69 Å². The van der Waals surface area contributed by atoms with Crippen LogP contribution in [-0.2, 0) is 15.8 Å². The summed E-state index contributed by atoms with van der Waals surface area (Å²) in [6, 6.07) is 12.7. The van der Waals surface area contributed by atoms with Crippen molar-refractivity contribution in [2.75, 3.05) is 11.8 Å². The lowest BCUT2D eigenvalue weighted by molar-refractivity contribution is 0.412. The van der Waals surface area contributed by atoms with Gasteiger partial charge in [-0.3, -0.25) is 4.72 Å². The van der Waals surface area contributed by atoms with E-state index >= 15 is 0 Å². The number of anilines is 1. The van der Waals surface area contributed by atoms with Crippen molar-refractivity contribution in [3.05, 3.63) is 59.2 Å². The molecule has 0 bridgehead atoms. The monoisotopic (exact) mass is 305 g/mol. The number of ether oxygens (including phenoxy) is 1. The molecule has 0 saturated carbocycles. The molecule has 2 aromatic carbocycles. The maximum Gasteiger partial charge on any atom is 0.236 e. The number of hydrogen-bond acceptors (Lipinski definition) is 3. The summed E-state index contributed by atoms with van der Waals surface area (Å²) in [5, 5.41) is 0. The zero-order valence-electron chi connectivity index (χ0n) is 12.4. The van der Waals surface area contributed by atoms with Gasteiger partial charge in [0.25, 0.3) is 0 Å². The fourth-order valence-corrected chi connectivity index (χ4v) is 3.43. The topological polar surface area (TPSA) is 55.4 Å². The average Bonchev–Trinajstić information content (AvgIpc) is 2.41. The summed E-state index contributed by atoms with van der Waals surface area (Å²) in [4.78, 5) is 0. The Morgan fingerprint density at radius 3 is 2.38 bits per heavy atom. The number of hydrogen-bond donors (Lipinski definition) is 1. The summed E-state index contributed by atoms with van der Waals surface area (Å²) in [7, 11) is -1.85. The Bertz CT molecular complexity index is 739. The molecule has 0 fully saturated rings. The minimum absolute atomic E-state index is 0.0370. The lowest BCUT2D eigenvalue weighted by atomic mass is 10.1. The third-order valence-corrected chi connectivity index (χ3v) is 4.51. The molecule has 1 N–H and O–H groups in total. The summed E-state index contributed by atoms with van der Waals surface area (Å²) >= 11 is 0. The number of sulfonamides is 1. The van der Waals surface area contributed by atoms with Crippen LogP contribution < -0.4 is 9.46 Å². The molecule has 0 aliphatic carbocycles. The van der Waals surface area contributed by atoms with Gasteiger partial charge in [0.2, 0.25) is 10.0 Å². The molecule has 0 heterocycles. The molecule has 0 amide bonds. The van der Waals surface area contributed by atoms with Gasteiger partial charge in [-0.05, 0) is 48.7 Å². The minimum Gasteiger partial charge on any atom is -0.496 e. The first-order valence-electron chi connectivity index (χ1n) is 6.61. The van der Waals surface area contributed by atoms with E-state index in [-0.39, 0.29) is 5.75 Å². The summed E-state index contributed by atoms with van der Waals surface area (Å²) in [5.74, 6) is 0.696. The van der Waals surface area contributed by atoms with Gasteiger partial charge < -0.3 is 4.74 Å². The number of rotatable bonds is 5. The number of aryl methyl sites for hydroxylation is 2. The fraction of sp³-hybridized carbons (Fsp3) is 0.250. The molecule has 4 nitrogen and oxygen atoms in total. The highest BCUT2D eigenvalue weighted by Gasteiger charge is 2.13. The summed E-state index contributed by atoms with van der Waals surface area (Å²) in [6.45, 7) is 3.78. The molecule has 21 heavy (non-hydrogen) atoms. The van der Waals surface area contributed by atoms with Gasteiger partial charge in [0.15, 0.2) is 0 Å². The van der Waals surface area contributed by atoms with E-state index in [1.165, 1.54) is 0 Å². The van der Waals surface area contributed by atoms with Crippen LogP contribution in [0.1, 0.15) is 16.7 Å². The standard InChI is InChI=1S/C16H19NO3S/c1-12-6-4-5-7-14(12)11-21(18,19)17-15-8-9-16(20-3)13(2)10-15/h4-10,17H,11H2,1-3H3. The first-order valence-corrected chi connectivity index (χ1v) is 8.26. The highest BCUT2D eigenvalue weighted by atomic mass is 32.2. The molecule has 0 radical (unpaired) electrons. The maximum absolute atomic E-state index is 12.2. The van der Waals surface area contributed by atoms with Gasteiger partial charge in [-0.15, -0.1) is 0 Å². The molecule has 112 valence electrons. The molecule has 0 aliphatic heterocycles. The second-order valence-corrected chi connectivity index (χ2v) is 6.69. The Morgan fingerprint density at radius 2 is 1.76 bits per heavy atom. The van der Waals surface area contributed by atoms with Crippen molar-refractivity contribution in [1.82, 2.24) is 0 Å². The molecule has 2 rings (SSSR count). The van der Waals surface area contributed by atoms with Gasteiger partial charge in [0.1, 0.15) is 5.75 Å². The van der Waals surface area contributed by atoms with E-state index in [1.807, 2.05) is 38.1 Å². The smallest absolute Gasteiger partial charge is 0.236 e. The predicted molar refractivity (Wildman–Crippen MR) is 85.2 cm³/mol. The third kappa shape index (κ3) is 3.98. The lowest BCUT2D eigenvalue weighted by Crippen LogP contribution is -2.15. The quantitative estimate of drug-likeness (QED) is 0.922. The number of benzene rings is 2. The Balaban J connectivity index is 2.18. The summed E-state index contributed by atoms with van der Waals surface area (Å²) in [5.41, 5.74) is 3.19. The molecular formula is C16H19NO3S. The van der Waals surface area contributed by atoms with Gasteiger partial charge in [-0.2, -0.15) is 0 Å². The van der Waals surface area contributed by atoms with Gasteiger partial charge >= 0.3 is 0 Å². The largest absolute Gasteiger partial charge is 0.496 e.